The fourth-order valence-electron chi connectivity index (χ4n) is 1.67. The third-order valence-corrected chi connectivity index (χ3v) is 2.59. The number of aromatic nitrogens is 2. The molecule has 88 valence electrons. The summed E-state index contributed by atoms with van der Waals surface area (Å²) in [6.45, 7) is 0. The molecule has 17 heavy (non-hydrogen) atoms. The molecule has 0 saturated carbocycles. The molecule has 0 amide bonds. The predicted molar refractivity (Wildman–Crippen MR) is 63.5 cm³/mol. The number of anilines is 1. The summed E-state index contributed by atoms with van der Waals surface area (Å²) in [5.41, 5.74) is 7.71. The maximum Gasteiger partial charge on any atom is 0.312 e. The molecule has 1 aromatic heterocycles. The van der Waals surface area contributed by atoms with Crippen LogP contribution in [0.1, 0.15) is 17.2 Å². The lowest BCUT2D eigenvalue weighted by atomic mass is 9.97. The molecule has 1 unspecified atom stereocenters. The largest absolute Gasteiger partial charge is 0.481 e. The van der Waals surface area contributed by atoms with Gasteiger partial charge in [-0.15, -0.1) is 0 Å². The first-order valence-electron chi connectivity index (χ1n) is 5.22. The van der Waals surface area contributed by atoms with E-state index < -0.39 is 11.9 Å². The quantitative estimate of drug-likeness (QED) is 0.693. The van der Waals surface area contributed by atoms with Gasteiger partial charge in [-0.2, -0.15) is 0 Å². The second kappa shape index (κ2) is 4.69. The summed E-state index contributed by atoms with van der Waals surface area (Å²) in [5.74, 6) is -1.52. The van der Waals surface area contributed by atoms with Crippen molar-refractivity contribution in [2.24, 2.45) is 0 Å². The number of aliphatic carboxylic acids is 1. The second-order valence-corrected chi connectivity index (χ2v) is 3.83. The van der Waals surface area contributed by atoms with Crippen LogP contribution in [0.3, 0.4) is 0 Å². The van der Waals surface area contributed by atoms with Crippen LogP contribution >= 0.6 is 0 Å². The standard InChI is InChI=1S/C12H13N3O2/c13-9-3-1-8(2-4-9)5-10(12(16)17)11-6-14-7-15-11/h1-4,6-7,10H,5,13H2,(H,14,15)(H,16,17). The van der Waals surface area contributed by atoms with E-state index in [4.69, 9.17) is 5.73 Å². The van der Waals surface area contributed by atoms with Gasteiger partial charge in [0.1, 0.15) is 5.92 Å². The molecule has 1 atom stereocenters. The Morgan fingerprint density at radius 1 is 1.41 bits per heavy atom. The second-order valence-electron chi connectivity index (χ2n) is 3.83. The van der Waals surface area contributed by atoms with Crippen molar-refractivity contribution in [1.82, 2.24) is 9.97 Å². The molecule has 5 nitrogen and oxygen atoms in total. The van der Waals surface area contributed by atoms with Gasteiger partial charge in [0, 0.05) is 11.9 Å². The molecule has 0 aliphatic rings. The number of carboxylic acids is 1. The monoisotopic (exact) mass is 231 g/mol. The van der Waals surface area contributed by atoms with Gasteiger partial charge in [0.05, 0.1) is 12.0 Å². The Kier molecular flexibility index (Phi) is 3.09. The van der Waals surface area contributed by atoms with Gasteiger partial charge in [-0.25, -0.2) is 4.98 Å². The highest BCUT2D eigenvalue weighted by Gasteiger charge is 2.21. The number of hydrogen-bond acceptors (Lipinski definition) is 3. The molecule has 4 N–H and O–H groups in total. The maximum absolute atomic E-state index is 11.2. The average molecular weight is 231 g/mol. The molecule has 0 fully saturated rings. The van der Waals surface area contributed by atoms with Crippen LogP contribution in [-0.4, -0.2) is 21.0 Å². The molecule has 1 aromatic carbocycles. The van der Waals surface area contributed by atoms with Gasteiger partial charge in [-0.1, -0.05) is 12.1 Å². The molecular weight excluding hydrogens is 218 g/mol. The summed E-state index contributed by atoms with van der Waals surface area (Å²) in [4.78, 5) is 17.9. The van der Waals surface area contributed by atoms with Crippen LogP contribution in [0.5, 0.6) is 0 Å². The summed E-state index contributed by atoms with van der Waals surface area (Å²) in [6.07, 6.45) is 3.49. The lowest BCUT2D eigenvalue weighted by Gasteiger charge is -2.09. The summed E-state index contributed by atoms with van der Waals surface area (Å²) in [6, 6.07) is 7.19. The SMILES string of the molecule is Nc1ccc(CC(C(=O)O)c2c[nH]cn2)cc1. The normalized spacial score (nSPS) is 12.2. The molecule has 5 heteroatoms. The van der Waals surface area contributed by atoms with Crippen LogP contribution in [0, 0.1) is 0 Å². The minimum absolute atomic E-state index is 0.403. The number of H-pyrrole nitrogens is 1. The zero-order chi connectivity index (χ0) is 12.3. The van der Waals surface area contributed by atoms with Gasteiger partial charge in [0.2, 0.25) is 0 Å². The van der Waals surface area contributed by atoms with Crippen LogP contribution in [0.15, 0.2) is 36.8 Å². The van der Waals surface area contributed by atoms with E-state index in [0.29, 0.717) is 17.8 Å². The minimum Gasteiger partial charge on any atom is -0.481 e. The van der Waals surface area contributed by atoms with Crippen LogP contribution in [0.2, 0.25) is 0 Å². The molecule has 0 aliphatic carbocycles. The van der Waals surface area contributed by atoms with Crippen molar-refractivity contribution in [2.75, 3.05) is 5.73 Å². The third-order valence-electron chi connectivity index (χ3n) is 2.59. The number of aromatic amines is 1. The molecular formula is C12H13N3O2. The first-order chi connectivity index (χ1) is 8.16. The van der Waals surface area contributed by atoms with Gasteiger partial charge < -0.3 is 15.8 Å². The van der Waals surface area contributed by atoms with E-state index in [1.54, 1.807) is 18.3 Å². The van der Waals surface area contributed by atoms with Gasteiger partial charge in [-0.05, 0) is 24.1 Å². The Labute approximate surface area is 98.3 Å². The summed E-state index contributed by atoms with van der Waals surface area (Å²) in [5, 5.41) is 9.18. The molecule has 0 radical (unpaired) electrons. The first kappa shape index (κ1) is 11.2. The molecule has 0 saturated heterocycles. The zero-order valence-electron chi connectivity index (χ0n) is 9.13. The van der Waals surface area contributed by atoms with Gasteiger partial charge in [0.25, 0.3) is 0 Å². The molecule has 2 rings (SSSR count). The Morgan fingerprint density at radius 3 is 2.65 bits per heavy atom. The van der Waals surface area contributed by atoms with Crippen LogP contribution < -0.4 is 5.73 Å². The first-order valence-corrected chi connectivity index (χ1v) is 5.22. The van der Waals surface area contributed by atoms with Crippen molar-refractivity contribution >= 4 is 11.7 Å². The van der Waals surface area contributed by atoms with Crippen LogP contribution in [-0.2, 0) is 11.2 Å². The molecule has 0 spiro atoms. The summed E-state index contributed by atoms with van der Waals surface area (Å²) >= 11 is 0. The average Bonchev–Trinajstić information content (AvgIpc) is 2.81. The van der Waals surface area contributed by atoms with Crippen molar-refractivity contribution in [3.8, 4) is 0 Å². The third kappa shape index (κ3) is 2.63. The summed E-state index contributed by atoms with van der Waals surface area (Å²) < 4.78 is 0. The fourth-order valence-corrected chi connectivity index (χ4v) is 1.67. The number of rotatable bonds is 4. The van der Waals surface area contributed by atoms with E-state index in [0.717, 1.165) is 5.56 Å². The van der Waals surface area contributed by atoms with E-state index >= 15 is 0 Å². The molecule has 0 aliphatic heterocycles. The number of nitrogens with zero attached hydrogens (tertiary/aromatic N) is 1. The lowest BCUT2D eigenvalue weighted by molar-refractivity contribution is -0.138. The molecule has 0 bridgehead atoms. The highest BCUT2D eigenvalue weighted by atomic mass is 16.4. The summed E-state index contributed by atoms with van der Waals surface area (Å²) in [7, 11) is 0. The number of carboxylic acid groups (broad SMARTS) is 1. The topological polar surface area (TPSA) is 92.0 Å². The number of nitrogen functional groups attached to an aromatic ring is 1. The number of nitrogens with one attached hydrogen (secondary N) is 1. The van der Waals surface area contributed by atoms with Gasteiger partial charge in [0.15, 0.2) is 0 Å². The Balaban J connectivity index is 2.19. The van der Waals surface area contributed by atoms with Crippen molar-refractivity contribution < 1.29 is 9.90 Å². The van der Waals surface area contributed by atoms with Crippen molar-refractivity contribution in [3.63, 3.8) is 0 Å². The van der Waals surface area contributed by atoms with Crippen molar-refractivity contribution in [2.45, 2.75) is 12.3 Å². The van der Waals surface area contributed by atoms with Crippen molar-refractivity contribution in [3.05, 3.63) is 48.0 Å². The van der Waals surface area contributed by atoms with Crippen LogP contribution in [0.25, 0.3) is 0 Å². The van der Waals surface area contributed by atoms with E-state index in [2.05, 4.69) is 9.97 Å². The van der Waals surface area contributed by atoms with E-state index in [-0.39, 0.29) is 0 Å². The predicted octanol–water partition coefficient (Wildman–Crippen LogP) is 1.40. The lowest BCUT2D eigenvalue weighted by Crippen LogP contribution is -2.14. The molecule has 1 heterocycles. The van der Waals surface area contributed by atoms with Gasteiger partial charge in [-0.3, -0.25) is 4.79 Å². The number of nitrogens with two attached hydrogens (primary N) is 1. The highest BCUT2D eigenvalue weighted by molar-refractivity contribution is 5.75. The van der Waals surface area contributed by atoms with Crippen molar-refractivity contribution in [1.29, 1.82) is 0 Å². The Hall–Kier alpha value is -2.30. The van der Waals surface area contributed by atoms with E-state index in [1.165, 1.54) is 6.33 Å². The smallest absolute Gasteiger partial charge is 0.312 e. The maximum atomic E-state index is 11.2. The zero-order valence-corrected chi connectivity index (χ0v) is 9.13. The number of imidazole rings is 1. The molecule has 2 aromatic rings. The van der Waals surface area contributed by atoms with E-state index in [1.807, 2.05) is 12.1 Å². The Bertz CT molecular complexity index is 491. The van der Waals surface area contributed by atoms with Gasteiger partial charge >= 0.3 is 5.97 Å². The highest BCUT2D eigenvalue weighted by Crippen LogP contribution is 2.19. The minimum atomic E-state index is -0.881. The Morgan fingerprint density at radius 2 is 2.12 bits per heavy atom. The number of carbonyl (C=O) groups is 1. The number of hydrogen-bond donors (Lipinski definition) is 3. The number of benzene rings is 1. The van der Waals surface area contributed by atoms with E-state index in [9.17, 15) is 9.90 Å². The van der Waals surface area contributed by atoms with Crippen LogP contribution in [0.4, 0.5) is 5.69 Å². The fraction of sp³-hybridized carbons (Fsp3) is 0.167.